The zero-order valence-corrected chi connectivity index (χ0v) is 8.62. The molecule has 0 aliphatic rings. The molecule has 0 fully saturated rings. The number of aliphatic hydroxyl groups excluding tert-OH is 1. The lowest BCUT2D eigenvalue weighted by molar-refractivity contribution is -0.137. The van der Waals surface area contributed by atoms with Gasteiger partial charge in [-0.05, 0) is 17.7 Å². The van der Waals surface area contributed by atoms with Gasteiger partial charge in [0.25, 0.3) is 0 Å². The molecule has 0 saturated carbocycles. The number of hydrogen-bond donors (Lipinski definition) is 2. The van der Waals surface area contributed by atoms with Crippen LogP contribution >= 0.6 is 0 Å². The fraction of sp³-hybridized carbons (Fsp3) is 0.182. The van der Waals surface area contributed by atoms with Crippen LogP contribution in [0.4, 0.5) is 13.2 Å². The third-order valence-corrected chi connectivity index (χ3v) is 2.39. The number of aliphatic hydroxyl groups is 1. The molecular formula is C11H9F3N2O. The van der Waals surface area contributed by atoms with Gasteiger partial charge in [0.05, 0.1) is 24.1 Å². The smallest absolute Gasteiger partial charge is 0.392 e. The number of nitrogens with zero attached hydrogens (tertiary/aromatic N) is 1. The van der Waals surface area contributed by atoms with Crippen molar-refractivity contribution in [3.8, 4) is 11.3 Å². The van der Waals surface area contributed by atoms with Crippen molar-refractivity contribution < 1.29 is 18.3 Å². The predicted octanol–water partition coefficient (Wildman–Crippen LogP) is 2.59. The van der Waals surface area contributed by atoms with Gasteiger partial charge in [-0.2, -0.15) is 18.3 Å². The van der Waals surface area contributed by atoms with Crippen LogP contribution in [0.1, 0.15) is 11.1 Å². The van der Waals surface area contributed by atoms with Gasteiger partial charge < -0.3 is 5.11 Å². The Morgan fingerprint density at radius 1 is 1.18 bits per heavy atom. The Balaban J connectivity index is 2.36. The molecule has 1 aromatic heterocycles. The number of alkyl halides is 3. The highest BCUT2D eigenvalue weighted by Gasteiger charge is 2.30. The van der Waals surface area contributed by atoms with Crippen molar-refractivity contribution in [3.63, 3.8) is 0 Å². The fourth-order valence-electron chi connectivity index (χ4n) is 1.51. The van der Waals surface area contributed by atoms with E-state index in [0.29, 0.717) is 16.8 Å². The second-order valence-electron chi connectivity index (χ2n) is 3.50. The molecule has 1 heterocycles. The second kappa shape index (κ2) is 4.21. The SMILES string of the molecule is OCc1cn[nH]c1-c1ccc(C(F)(F)F)cc1. The summed E-state index contributed by atoms with van der Waals surface area (Å²) < 4.78 is 37.0. The van der Waals surface area contributed by atoms with Crippen molar-refractivity contribution in [3.05, 3.63) is 41.6 Å². The van der Waals surface area contributed by atoms with Crippen molar-refractivity contribution >= 4 is 0 Å². The summed E-state index contributed by atoms with van der Waals surface area (Å²) in [6, 6.07) is 4.68. The molecule has 2 N–H and O–H groups in total. The van der Waals surface area contributed by atoms with Gasteiger partial charge in [-0.3, -0.25) is 5.10 Å². The van der Waals surface area contributed by atoms with Gasteiger partial charge >= 0.3 is 6.18 Å². The van der Waals surface area contributed by atoms with Gasteiger partial charge in [-0.1, -0.05) is 12.1 Å². The lowest BCUT2D eigenvalue weighted by Gasteiger charge is -2.07. The maximum atomic E-state index is 12.3. The largest absolute Gasteiger partial charge is 0.416 e. The molecular weight excluding hydrogens is 233 g/mol. The molecule has 2 rings (SSSR count). The van der Waals surface area contributed by atoms with E-state index in [9.17, 15) is 13.2 Å². The number of halogens is 3. The predicted molar refractivity (Wildman–Crippen MR) is 54.9 cm³/mol. The molecule has 0 spiro atoms. The summed E-state index contributed by atoms with van der Waals surface area (Å²) in [6.45, 7) is -0.215. The topological polar surface area (TPSA) is 48.9 Å². The molecule has 2 aromatic rings. The molecule has 90 valence electrons. The Morgan fingerprint density at radius 2 is 1.82 bits per heavy atom. The minimum atomic E-state index is -4.34. The molecule has 0 amide bonds. The van der Waals surface area contributed by atoms with Gasteiger partial charge in [-0.25, -0.2) is 0 Å². The van der Waals surface area contributed by atoms with E-state index in [1.54, 1.807) is 0 Å². The Morgan fingerprint density at radius 3 is 2.35 bits per heavy atom. The first kappa shape index (κ1) is 11.7. The molecule has 1 aromatic carbocycles. The average Bonchev–Trinajstić information content (AvgIpc) is 2.76. The number of hydrogen-bond acceptors (Lipinski definition) is 2. The Hall–Kier alpha value is -1.82. The molecule has 0 aliphatic carbocycles. The molecule has 0 bridgehead atoms. The molecule has 0 aliphatic heterocycles. The van der Waals surface area contributed by atoms with Crippen LogP contribution in [0.2, 0.25) is 0 Å². The number of benzene rings is 1. The molecule has 17 heavy (non-hydrogen) atoms. The Bertz CT molecular complexity index is 502. The standard InChI is InChI=1S/C11H9F3N2O/c12-11(13,14)9-3-1-7(2-4-9)10-8(6-17)5-15-16-10/h1-5,17H,6H2,(H,15,16). The van der Waals surface area contributed by atoms with E-state index in [1.165, 1.54) is 18.3 Å². The van der Waals surface area contributed by atoms with E-state index in [2.05, 4.69) is 10.2 Å². The Kier molecular flexibility index (Phi) is 2.89. The van der Waals surface area contributed by atoms with Crippen LogP contribution in [0.5, 0.6) is 0 Å². The summed E-state index contributed by atoms with van der Waals surface area (Å²) in [5.41, 5.74) is 0.928. The van der Waals surface area contributed by atoms with Crippen LogP contribution in [0, 0.1) is 0 Å². The number of H-pyrrole nitrogens is 1. The van der Waals surface area contributed by atoms with Crippen molar-refractivity contribution in [2.75, 3.05) is 0 Å². The van der Waals surface area contributed by atoms with Crippen LogP contribution < -0.4 is 0 Å². The normalized spacial score (nSPS) is 11.8. The van der Waals surface area contributed by atoms with Crippen LogP contribution in [-0.2, 0) is 12.8 Å². The average molecular weight is 242 g/mol. The van der Waals surface area contributed by atoms with E-state index in [1.807, 2.05) is 0 Å². The van der Waals surface area contributed by atoms with Gasteiger partial charge in [0.1, 0.15) is 0 Å². The first-order valence-corrected chi connectivity index (χ1v) is 4.83. The highest BCUT2D eigenvalue weighted by atomic mass is 19.4. The van der Waals surface area contributed by atoms with E-state index < -0.39 is 11.7 Å². The second-order valence-corrected chi connectivity index (χ2v) is 3.50. The molecule has 0 atom stereocenters. The minimum Gasteiger partial charge on any atom is -0.392 e. The number of aromatic amines is 1. The minimum absolute atomic E-state index is 0.215. The third kappa shape index (κ3) is 2.31. The molecule has 0 unspecified atom stereocenters. The van der Waals surface area contributed by atoms with Gasteiger partial charge in [0.2, 0.25) is 0 Å². The van der Waals surface area contributed by atoms with E-state index in [4.69, 9.17) is 5.11 Å². The number of nitrogens with one attached hydrogen (secondary N) is 1. The summed E-state index contributed by atoms with van der Waals surface area (Å²) in [7, 11) is 0. The lowest BCUT2D eigenvalue weighted by atomic mass is 10.1. The summed E-state index contributed by atoms with van der Waals surface area (Å²) in [4.78, 5) is 0. The summed E-state index contributed by atoms with van der Waals surface area (Å²) >= 11 is 0. The summed E-state index contributed by atoms with van der Waals surface area (Å²) in [5.74, 6) is 0. The maximum Gasteiger partial charge on any atom is 0.416 e. The van der Waals surface area contributed by atoms with E-state index >= 15 is 0 Å². The number of aromatic nitrogens is 2. The first-order chi connectivity index (χ1) is 8.02. The van der Waals surface area contributed by atoms with E-state index in [0.717, 1.165) is 12.1 Å². The molecule has 0 radical (unpaired) electrons. The highest BCUT2D eigenvalue weighted by Crippen LogP contribution is 2.31. The molecule has 3 nitrogen and oxygen atoms in total. The van der Waals surface area contributed by atoms with Crippen LogP contribution in [0.25, 0.3) is 11.3 Å². The monoisotopic (exact) mass is 242 g/mol. The van der Waals surface area contributed by atoms with Crippen molar-refractivity contribution in [2.45, 2.75) is 12.8 Å². The highest BCUT2D eigenvalue weighted by molar-refractivity contribution is 5.62. The van der Waals surface area contributed by atoms with Crippen molar-refractivity contribution in [1.82, 2.24) is 10.2 Å². The maximum absolute atomic E-state index is 12.3. The Labute approximate surface area is 94.9 Å². The van der Waals surface area contributed by atoms with Gasteiger partial charge in [0.15, 0.2) is 0 Å². The van der Waals surface area contributed by atoms with Gasteiger partial charge in [-0.15, -0.1) is 0 Å². The first-order valence-electron chi connectivity index (χ1n) is 4.83. The lowest BCUT2D eigenvalue weighted by Crippen LogP contribution is -2.04. The fourth-order valence-corrected chi connectivity index (χ4v) is 1.51. The van der Waals surface area contributed by atoms with Crippen LogP contribution in [0.15, 0.2) is 30.5 Å². The van der Waals surface area contributed by atoms with Crippen LogP contribution in [-0.4, -0.2) is 15.3 Å². The third-order valence-electron chi connectivity index (χ3n) is 2.39. The molecule has 0 saturated heterocycles. The zero-order valence-electron chi connectivity index (χ0n) is 8.62. The van der Waals surface area contributed by atoms with Crippen molar-refractivity contribution in [1.29, 1.82) is 0 Å². The molecule has 6 heteroatoms. The van der Waals surface area contributed by atoms with Gasteiger partial charge in [0, 0.05) is 5.56 Å². The quantitative estimate of drug-likeness (QED) is 0.850. The number of rotatable bonds is 2. The van der Waals surface area contributed by atoms with Crippen molar-refractivity contribution in [2.24, 2.45) is 0 Å². The summed E-state index contributed by atoms with van der Waals surface area (Å²) in [6.07, 6.45) is -2.90. The van der Waals surface area contributed by atoms with Crippen LogP contribution in [0.3, 0.4) is 0 Å². The zero-order chi connectivity index (χ0) is 12.5. The summed E-state index contributed by atoms with van der Waals surface area (Å²) in [5, 5.41) is 15.4. The van der Waals surface area contributed by atoms with E-state index in [-0.39, 0.29) is 6.61 Å².